The SMILES string of the molecule is Cc1cc(N/N=C\c2ccccn2)nc(N2CCOCC2)n1. The quantitative estimate of drug-likeness (QED) is 0.680. The van der Waals surface area contributed by atoms with Crippen LogP contribution in [0.3, 0.4) is 0 Å². The molecule has 0 aromatic carbocycles. The Labute approximate surface area is 129 Å². The Bertz CT molecular complexity index is 640. The van der Waals surface area contributed by atoms with E-state index < -0.39 is 0 Å². The second kappa shape index (κ2) is 6.95. The normalized spacial score (nSPS) is 15.2. The van der Waals surface area contributed by atoms with Crippen molar-refractivity contribution in [2.75, 3.05) is 36.6 Å². The van der Waals surface area contributed by atoms with Crippen molar-refractivity contribution in [1.82, 2.24) is 15.0 Å². The van der Waals surface area contributed by atoms with Gasteiger partial charge >= 0.3 is 0 Å². The summed E-state index contributed by atoms with van der Waals surface area (Å²) in [5.74, 6) is 1.38. The van der Waals surface area contributed by atoms with Crippen LogP contribution in [0.1, 0.15) is 11.4 Å². The first-order valence-electron chi connectivity index (χ1n) is 7.20. The van der Waals surface area contributed by atoms with Crippen LogP contribution >= 0.6 is 0 Å². The van der Waals surface area contributed by atoms with Gasteiger partial charge in [-0.1, -0.05) is 6.07 Å². The first-order chi connectivity index (χ1) is 10.8. The number of nitrogens with zero attached hydrogens (tertiary/aromatic N) is 5. The first kappa shape index (κ1) is 14.4. The van der Waals surface area contributed by atoms with Crippen molar-refractivity contribution in [3.63, 3.8) is 0 Å². The van der Waals surface area contributed by atoms with Crippen molar-refractivity contribution >= 4 is 18.0 Å². The van der Waals surface area contributed by atoms with Crippen LogP contribution in [-0.4, -0.2) is 47.5 Å². The number of nitrogens with one attached hydrogen (secondary N) is 1. The maximum absolute atomic E-state index is 5.35. The maximum atomic E-state index is 5.35. The summed E-state index contributed by atoms with van der Waals surface area (Å²) < 4.78 is 5.35. The number of hydrogen-bond donors (Lipinski definition) is 1. The van der Waals surface area contributed by atoms with Gasteiger partial charge in [-0.25, -0.2) is 4.98 Å². The maximum Gasteiger partial charge on any atom is 0.227 e. The van der Waals surface area contributed by atoms with Crippen LogP contribution in [0.4, 0.5) is 11.8 Å². The fourth-order valence-corrected chi connectivity index (χ4v) is 2.13. The van der Waals surface area contributed by atoms with Crippen LogP contribution in [0, 0.1) is 6.92 Å². The molecule has 0 spiro atoms. The molecule has 1 fully saturated rings. The minimum absolute atomic E-state index is 0.668. The molecular weight excluding hydrogens is 280 g/mol. The van der Waals surface area contributed by atoms with E-state index in [1.54, 1.807) is 12.4 Å². The number of morpholine rings is 1. The van der Waals surface area contributed by atoms with Gasteiger partial charge in [-0.15, -0.1) is 0 Å². The number of anilines is 2. The average Bonchev–Trinajstić information content (AvgIpc) is 2.56. The fourth-order valence-electron chi connectivity index (χ4n) is 2.13. The smallest absolute Gasteiger partial charge is 0.227 e. The molecule has 0 unspecified atom stereocenters. The molecule has 0 bridgehead atoms. The number of aromatic nitrogens is 3. The molecule has 1 N–H and O–H groups in total. The molecule has 3 rings (SSSR count). The lowest BCUT2D eigenvalue weighted by Crippen LogP contribution is -2.37. The average molecular weight is 298 g/mol. The van der Waals surface area contributed by atoms with Gasteiger partial charge in [0.15, 0.2) is 5.82 Å². The molecule has 0 radical (unpaired) electrons. The molecule has 1 aliphatic rings. The Morgan fingerprint density at radius 3 is 2.91 bits per heavy atom. The van der Waals surface area contributed by atoms with Gasteiger partial charge in [0.25, 0.3) is 0 Å². The summed E-state index contributed by atoms with van der Waals surface area (Å²) in [7, 11) is 0. The molecule has 0 amide bonds. The van der Waals surface area contributed by atoms with E-state index in [9.17, 15) is 0 Å². The molecule has 114 valence electrons. The van der Waals surface area contributed by atoms with E-state index in [-0.39, 0.29) is 0 Å². The van der Waals surface area contributed by atoms with Gasteiger partial charge < -0.3 is 9.64 Å². The van der Waals surface area contributed by atoms with E-state index in [0.717, 1.165) is 24.5 Å². The number of pyridine rings is 1. The second-order valence-electron chi connectivity index (χ2n) is 4.92. The summed E-state index contributed by atoms with van der Waals surface area (Å²) in [6, 6.07) is 7.53. The molecule has 7 heteroatoms. The Balaban J connectivity index is 1.70. The topological polar surface area (TPSA) is 75.5 Å². The number of hydrogen-bond acceptors (Lipinski definition) is 7. The number of ether oxygens (including phenoxy) is 1. The molecule has 3 heterocycles. The Kier molecular flexibility index (Phi) is 4.55. The lowest BCUT2D eigenvalue weighted by molar-refractivity contribution is 0.122. The zero-order valence-electron chi connectivity index (χ0n) is 12.4. The van der Waals surface area contributed by atoms with Gasteiger partial charge in [-0.05, 0) is 19.1 Å². The van der Waals surface area contributed by atoms with E-state index in [1.165, 1.54) is 0 Å². The van der Waals surface area contributed by atoms with Crippen LogP contribution in [0.5, 0.6) is 0 Å². The molecular formula is C15H18N6O. The van der Waals surface area contributed by atoms with Gasteiger partial charge in [0, 0.05) is 31.0 Å². The van der Waals surface area contributed by atoms with Crippen molar-refractivity contribution in [1.29, 1.82) is 0 Å². The molecule has 0 aliphatic carbocycles. The molecule has 22 heavy (non-hydrogen) atoms. The molecule has 0 saturated carbocycles. The van der Waals surface area contributed by atoms with Crippen LogP contribution in [0.25, 0.3) is 0 Å². The van der Waals surface area contributed by atoms with E-state index in [0.29, 0.717) is 25.0 Å². The van der Waals surface area contributed by atoms with Crippen molar-refractivity contribution < 1.29 is 4.74 Å². The van der Waals surface area contributed by atoms with Crippen molar-refractivity contribution in [3.8, 4) is 0 Å². The van der Waals surface area contributed by atoms with Crippen LogP contribution in [0.15, 0.2) is 35.6 Å². The summed E-state index contributed by atoms with van der Waals surface area (Å²) >= 11 is 0. The Morgan fingerprint density at radius 1 is 1.27 bits per heavy atom. The number of aryl methyl sites for hydroxylation is 1. The van der Waals surface area contributed by atoms with Crippen LogP contribution < -0.4 is 10.3 Å². The number of rotatable bonds is 4. The molecule has 1 aliphatic heterocycles. The minimum Gasteiger partial charge on any atom is -0.378 e. The zero-order valence-corrected chi connectivity index (χ0v) is 12.4. The van der Waals surface area contributed by atoms with Gasteiger partial charge in [-0.2, -0.15) is 10.1 Å². The summed E-state index contributed by atoms with van der Waals surface area (Å²) in [4.78, 5) is 15.3. The third kappa shape index (κ3) is 3.76. The van der Waals surface area contributed by atoms with Crippen LogP contribution in [0.2, 0.25) is 0 Å². The highest BCUT2D eigenvalue weighted by Crippen LogP contribution is 2.14. The largest absolute Gasteiger partial charge is 0.378 e. The van der Waals surface area contributed by atoms with Crippen molar-refractivity contribution in [3.05, 3.63) is 41.9 Å². The highest BCUT2D eigenvalue weighted by Gasteiger charge is 2.14. The standard InChI is InChI=1S/C15H18N6O/c1-12-10-14(20-17-11-13-4-2-3-5-16-13)19-15(18-12)21-6-8-22-9-7-21/h2-5,10-11H,6-9H2,1H3,(H,18,19,20)/b17-11-. The Morgan fingerprint density at radius 2 is 2.14 bits per heavy atom. The molecule has 2 aromatic heterocycles. The van der Waals surface area contributed by atoms with E-state index in [2.05, 4.69) is 30.4 Å². The zero-order chi connectivity index (χ0) is 15.2. The Hall–Kier alpha value is -2.54. The van der Waals surface area contributed by atoms with Crippen LogP contribution in [-0.2, 0) is 4.74 Å². The molecule has 1 saturated heterocycles. The fraction of sp³-hybridized carbons (Fsp3) is 0.333. The monoisotopic (exact) mass is 298 g/mol. The molecule has 0 atom stereocenters. The number of hydrazone groups is 1. The van der Waals surface area contributed by atoms with Crippen molar-refractivity contribution in [2.45, 2.75) is 6.92 Å². The summed E-state index contributed by atoms with van der Waals surface area (Å²) in [5.41, 5.74) is 4.62. The second-order valence-corrected chi connectivity index (χ2v) is 4.92. The minimum atomic E-state index is 0.668. The van der Waals surface area contributed by atoms with E-state index >= 15 is 0 Å². The highest BCUT2D eigenvalue weighted by molar-refractivity contribution is 5.77. The molecule has 7 nitrogen and oxygen atoms in total. The first-order valence-corrected chi connectivity index (χ1v) is 7.20. The van der Waals surface area contributed by atoms with E-state index in [4.69, 9.17) is 4.74 Å². The van der Waals surface area contributed by atoms with Gasteiger partial charge in [0.1, 0.15) is 0 Å². The summed E-state index contributed by atoms with van der Waals surface area (Å²) in [6.45, 7) is 4.97. The predicted octanol–water partition coefficient (Wildman–Crippen LogP) is 1.46. The van der Waals surface area contributed by atoms with E-state index in [1.807, 2.05) is 31.2 Å². The van der Waals surface area contributed by atoms with Gasteiger partial charge in [0.05, 0.1) is 25.1 Å². The molecule has 2 aromatic rings. The van der Waals surface area contributed by atoms with Gasteiger partial charge in [0.2, 0.25) is 5.95 Å². The summed E-state index contributed by atoms with van der Waals surface area (Å²) in [5, 5.41) is 4.17. The summed E-state index contributed by atoms with van der Waals surface area (Å²) in [6.07, 6.45) is 3.39. The lowest BCUT2D eigenvalue weighted by atomic mass is 10.4. The van der Waals surface area contributed by atoms with Crippen molar-refractivity contribution in [2.24, 2.45) is 5.10 Å². The third-order valence-corrected chi connectivity index (χ3v) is 3.20. The van der Waals surface area contributed by atoms with Gasteiger partial charge in [-0.3, -0.25) is 10.4 Å². The lowest BCUT2D eigenvalue weighted by Gasteiger charge is -2.27. The predicted molar refractivity (Wildman–Crippen MR) is 85.3 cm³/mol. The highest BCUT2D eigenvalue weighted by atomic mass is 16.5. The third-order valence-electron chi connectivity index (χ3n) is 3.20.